The second-order valence-electron chi connectivity index (χ2n) is 5.74. The van der Waals surface area contributed by atoms with E-state index in [4.69, 9.17) is 0 Å². The van der Waals surface area contributed by atoms with Crippen molar-refractivity contribution in [1.82, 2.24) is 14.7 Å². The lowest BCUT2D eigenvalue weighted by Crippen LogP contribution is -2.36. The molecule has 1 heterocycles. The van der Waals surface area contributed by atoms with E-state index in [0.717, 1.165) is 11.1 Å². The molecule has 26 heavy (non-hydrogen) atoms. The Kier molecular flexibility index (Phi) is 4.88. The minimum Gasteiger partial charge on any atom is -0.310 e. The smallest absolute Gasteiger partial charge is 0.310 e. The van der Waals surface area contributed by atoms with Crippen molar-refractivity contribution in [3.05, 3.63) is 98.3 Å². The highest BCUT2D eigenvalue weighted by atomic mass is 32.2. The number of hydrogen-bond acceptors (Lipinski definition) is 4. The third-order valence-electron chi connectivity index (χ3n) is 3.88. The molecule has 0 aliphatic rings. The second kappa shape index (κ2) is 7.11. The Labute approximate surface area is 149 Å². The molecule has 3 N–H and O–H groups in total. The lowest BCUT2D eigenvalue weighted by atomic mass is 10.00. The first-order valence-electron chi connectivity index (χ1n) is 7.84. The Morgan fingerprint density at radius 1 is 0.846 bits per heavy atom. The van der Waals surface area contributed by atoms with Gasteiger partial charge in [0.25, 0.3) is 5.56 Å². The minimum atomic E-state index is -4.20. The van der Waals surface area contributed by atoms with E-state index in [1.165, 1.54) is 6.92 Å². The Morgan fingerprint density at radius 3 is 1.81 bits per heavy atom. The average molecular weight is 371 g/mol. The topological polar surface area (TPSA) is 112 Å². The summed E-state index contributed by atoms with van der Waals surface area (Å²) in [7, 11) is -4.20. The van der Waals surface area contributed by atoms with Gasteiger partial charge in [-0.1, -0.05) is 60.7 Å². The van der Waals surface area contributed by atoms with Crippen LogP contribution >= 0.6 is 0 Å². The normalized spacial score (nSPS) is 11.6. The first-order valence-corrected chi connectivity index (χ1v) is 9.32. The number of aromatic amines is 2. The molecule has 3 aromatic rings. The van der Waals surface area contributed by atoms with Crippen molar-refractivity contribution in [2.24, 2.45) is 0 Å². The van der Waals surface area contributed by atoms with Crippen LogP contribution < -0.4 is 16.0 Å². The third kappa shape index (κ3) is 3.66. The van der Waals surface area contributed by atoms with Crippen LogP contribution in [0.3, 0.4) is 0 Å². The fraction of sp³-hybridized carbons (Fsp3) is 0.111. The maximum Gasteiger partial charge on any atom is 0.325 e. The van der Waals surface area contributed by atoms with E-state index >= 15 is 0 Å². The van der Waals surface area contributed by atoms with Gasteiger partial charge in [-0.15, -0.1) is 0 Å². The highest BCUT2D eigenvalue weighted by molar-refractivity contribution is 7.89. The van der Waals surface area contributed by atoms with Crippen LogP contribution in [0.15, 0.2) is 75.1 Å². The van der Waals surface area contributed by atoms with Crippen molar-refractivity contribution >= 4 is 10.0 Å². The number of sulfonamides is 1. The van der Waals surface area contributed by atoms with Gasteiger partial charge in [0.15, 0.2) is 4.90 Å². The zero-order chi connectivity index (χ0) is 18.7. The van der Waals surface area contributed by atoms with Crippen LogP contribution in [-0.4, -0.2) is 18.4 Å². The fourth-order valence-corrected chi connectivity index (χ4v) is 4.20. The summed E-state index contributed by atoms with van der Waals surface area (Å²) in [4.78, 5) is 27.2. The van der Waals surface area contributed by atoms with Crippen molar-refractivity contribution in [3.8, 4) is 0 Å². The molecule has 3 rings (SSSR count). The number of H-pyrrole nitrogens is 2. The molecule has 0 amide bonds. The van der Waals surface area contributed by atoms with Gasteiger partial charge in [0.1, 0.15) is 0 Å². The predicted octanol–water partition coefficient (Wildman–Crippen LogP) is 1.44. The number of benzene rings is 2. The fourth-order valence-electron chi connectivity index (χ4n) is 2.75. The average Bonchev–Trinajstić information content (AvgIpc) is 2.60. The number of hydrogen-bond donors (Lipinski definition) is 3. The van der Waals surface area contributed by atoms with Crippen LogP contribution in [-0.2, 0) is 10.0 Å². The molecule has 0 bridgehead atoms. The largest absolute Gasteiger partial charge is 0.325 e. The highest BCUT2D eigenvalue weighted by Gasteiger charge is 2.27. The van der Waals surface area contributed by atoms with Gasteiger partial charge >= 0.3 is 5.69 Å². The number of nitrogens with one attached hydrogen (secondary N) is 3. The monoisotopic (exact) mass is 371 g/mol. The molecule has 0 unspecified atom stereocenters. The lowest BCUT2D eigenvalue weighted by molar-refractivity contribution is 0.568. The van der Waals surface area contributed by atoms with E-state index in [1.54, 1.807) is 48.5 Å². The molecule has 0 aliphatic heterocycles. The van der Waals surface area contributed by atoms with Crippen molar-refractivity contribution in [3.63, 3.8) is 0 Å². The summed E-state index contributed by atoms with van der Waals surface area (Å²) in [6, 6.07) is 17.4. The molecule has 0 saturated carbocycles. The maximum absolute atomic E-state index is 12.9. The number of rotatable bonds is 5. The van der Waals surface area contributed by atoms with E-state index in [1.807, 2.05) is 17.1 Å². The van der Waals surface area contributed by atoms with Gasteiger partial charge in [0.2, 0.25) is 10.0 Å². The minimum absolute atomic E-state index is 0.0221. The first-order chi connectivity index (χ1) is 12.4. The van der Waals surface area contributed by atoms with Gasteiger partial charge in [0, 0.05) is 5.69 Å². The lowest BCUT2D eigenvalue weighted by Gasteiger charge is -2.20. The SMILES string of the molecule is Cc1[nH]c(=O)[nH]c(=O)c1S(=O)(=O)NC(c1ccccc1)c1ccccc1. The summed E-state index contributed by atoms with van der Waals surface area (Å²) >= 11 is 0. The zero-order valence-electron chi connectivity index (χ0n) is 13.9. The van der Waals surface area contributed by atoms with Gasteiger partial charge < -0.3 is 4.98 Å². The number of aromatic nitrogens is 2. The van der Waals surface area contributed by atoms with Crippen LogP contribution in [0.2, 0.25) is 0 Å². The van der Waals surface area contributed by atoms with Gasteiger partial charge in [0.05, 0.1) is 6.04 Å². The molecule has 0 atom stereocenters. The molecule has 0 radical (unpaired) electrons. The molecular formula is C18H17N3O4S. The molecule has 0 aliphatic carbocycles. The highest BCUT2D eigenvalue weighted by Crippen LogP contribution is 2.24. The molecule has 134 valence electrons. The molecule has 0 spiro atoms. The van der Waals surface area contributed by atoms with E-state index in [9.17, 15) is 18.0 Å². The van der Waals surface area contributed by atoms with Crippen LogP contribution in [0.25, 0.3) is 0 Å². The Balaban J connectivity index is 2.10. The van der Waals surface area contributed by atoms with Crippen molar-refractivity contribution in [2.45, 2.75) is 17.9 Å². The molecule has 7 nitrogen and oxygen atoms in total. The molecule has 8 heteroatoms. The standard InChI is InChI=1S/C18H17N3O4S/c1-12-16(17(22)20-18(23)19-12)26(24,25)21-15(13-8-4-2-5-9-13)14-10-6-3-7-11-14/h2-11,15,21H,1H3,(H2,19,20,22,23). The molecular weight excluding hydrogens is 354 g/mol. The van der Waals surface area contributed by atoms with Crippen molar-refractivity contribution < 1.29 is 8.42 Å². The van der Waals surface area contributed by atoms with Gasteiger partial charge in [-0.25, -0.2) is 13.2 Å². The Morgan fingerprint density at radius 2 is 1.35 bits per heavy atom. The first kappa shape index (κ1) is 17.8. The maximum atomic E-state index is 12.9. The van der Waals surface area contributed by atoms with Gasteiger partial charge in [-0.05, 0) is 18.1 Å². The van der Waals surface area contributed by atoms with Crippen molar-refractivity contribution in [2.75, 3.05) is 0 Å². The summed E-state index contributed by atoms with van der Waals surface area (Å²) in [6.07, 6.45) is 0. The molecule has 0 fully saturated rings. The van der Waals surface area contributed by atoms with Crippen molar-refractivity contribution in [1.29, 1.82) is 0 Å². The van der Waals surface area contributed by atoms with Crippen LogP contribution in [0.1, 0.15) is 22.9 Å². The summed E-state index contributed by atoms with van der Waals surface area (Å²) in [5, 5.41) is 0. The third-order valence-corrected chi connectivity index (χ3v) is 5.46. The summed E-state index contributed by atoms with van der Waals surface area (Å²) in [5.74, 6) is 0. The summed E-state index contributed by atoms with van der Waals surface area (Å²) in [6.45, 7) is 1.37. The van der Waals surface area contributed by atoms with E-state index in [2.05, 4.69) is 9.71 Å². The van der Waals surface area contributed by atoms with Crippen LogP contribution in [0.4, 0.5) is 0 Å². The van der Waals surface area contributed by atoms with E-state index in [0.29, 0.717) is 0 Å². The van der Waals surface area contributed by atoms with E-state index < -0.39 is 32.2 Å². The zero-order valence-corrected chi connectivity index (χ0v) is 14.7. The van der Waals surface area contributed by atoms with Gasteiger partial charge in [-0.3, -0.25) is 9.78 Å². The Hall–Kier alpha value is -2.97. The predicted molar refractivity (Wildman–Crippen MR) is 97.5 cm³/mol. The number of aryl methyl sites for hydroxylation is 1. The summed E-state index contributed by atoms with van der Waals surface area (Å²) < 4.78 is 28.4. The van der Waals surface area contributed by atoms with Crippen LogP contribution in [0.5, 0.6) is 0 Å². The summed E-state index contributed by atoms with van der Waals surface area (Å²) in [5.41, 5.74) is -0.291. The second-order valence-corrected chi connectivity index (χ2v) is 7.39. The van der Waals surface area contributed by atoms with E-state index in [-0.39, 0.29) is 5.69 Å². The molecule has 0 saturated heterocycles. The molecule has 2 aromatic carbocycles. The van der Waals surface area contributed by atoms with Crippen LogP contribution in [0, 0.1) is 6.92 Å². The molecule has 1 aromatic heterocycles. The quantitative estimate of drug-likeness (QED) is 0.630. The Bertz CT molecular complexity index is 1080. The van der Waals surface area contributed by atoms with Gasteiger partial charge in [-0.2, -0.15) is 4.72 Å².